The molecule has 2 fully saturated rings. The number of hydrogen-bond acceptors (Lipinski definition) is 6. The first-order valence-corrected chi connectivity index (χ1v) is 10.7. The zero-order chi connectivity index (χ0) is 17.9. The number of nitrogens with zero attached hydrogens (tertiary/aromatic N) is 3. The van der Waals surface area contributed by atoms with E-state index in [1.807, 2.05) is 26.6 Å². The van der Waals surface area contributed by atoms with Gasteiger partial charge in [0.05, 0.1) is 12.1 Å². The molecule has 0 saturated carbocycles. The van der Waals surface area contributed by atoms with E-state index in [1.165, 1.54) is 0 Å². The first kappa shape index (κ1) is 17.6. The smallest absolute Gasteiger partial charge is 0.251 e. The lowest BCUT2D eigenvalue weighted by atomic mass is 10.2. The van der Waals surface area contributed by atoms with Crippen molar-refractivity contribution >= 4 is 34.5 Å². The Hall–Kier alpha value is -1.77. The molecule has 4 heterocycles. The van der Waals surface area contributed by atoms with Crippen molar-refractivity contribution in [3.8, 4) is 10.6 Å². The lowest BCUT2D eigenvalue weighted by Crippen LogP contribution is -2.53. The number of piperazine rings is 1. The summed E-state index contributed by atoms with van der Waals surface area (Å²) in [7, 11) is 0. The lowest BCUT2D eigenvalue weighted by Gasteiger charge is -2.35. The Morgan fingerprint density at radius 1 is 1.19 bits per heavy atom. The van der Waals surface area contributed by atoms with Crippen molar-refractivity contribution in [1.29, 1.82) is 0 Å². The average Bonchev–Trinajstić information content (AvgIpc) is 3.42. The van der Waals surface area contributed by atoms with E-state index in [9.17, 15) is 9.59 Å². The molecule has 2 aromatic rings. The minimum atomic E-state index is -0.275. The second kappa shape index (κ2) is 7.85. The third kappa shape index (κ3) is 3.82. The fourth-order valence-electron chi connectivity index (χ4n) is 3.33. The third-order valence-electron chi connectivity index (χ3n) is 4.80. The molecule has 2 saturated heterocycles. The summed E-state index contributed by atoms with van der Waals surface area (Å²) in [6.07, 6.45) is 1.81. The van der Waals surface area contributed by atoms with Crippen molar-refractivity contribution in [3.05, 3.63) is 27.9 Å². The van der Waals surface area contributed by atoms with Crippen LogP contribution in [-0.4, -0.2) is 65.5 Å². The van der Waals surface area contributed by atoms with Gasteiger partial charge in [-0.3, -0.25) is 9.59 Å². The summed E-state index contributed by atoms with van der Waals surface area (Å²) in [5, 5.41) is 7.01. The number of hydrogen-bond donors (Lipinski definition) is 0. The second-order valence-corrected chi connectivity index (χ2v) is 8.18. The topological polar surface area (TPSA) is 62.7 Å². The summed E-state index contributed by atoms with van der Waals surface area (Å²) < 4.78 is 5.48. The van der Waals surface area contributed by atoms with Crippen LogP contribution in [0.25, 0.3) is 10.6 Å². The van der Waals surface area contributed by atoms with Gasteiger partial charge in [0, 0.05) is 49.1 Å². The molecule has 0 aliphatic carbocycles. The molecule has 2 amide bonds. The number of aromatic nitrogens is 1. The van der Waals surface area contributed by atoms with Gasteiger partial charge in [0.25, 0.3) is 5.91 Å². The van der Waals surface area contributed by atoms with Crippen LogP contribution in [0.2, 0.25) is 0 Å². The van der Waals surface area contributed by atoms with Crippen molar-refractivity contribution < 1.29 is 14.3 Å². The quantitative estimate of drug-likeness (QED) is 0.802. The Morgan fingerprint density at radius 3 is 2.69 bits per heavy atom. The Labute approximate surface area is 160 Å². The highest BCUT2D eigenvalue weighted by Crippen LogP contribution is 2.26. The Balaban J connectivity index is 1.29. The first-order chi connectivity index (χ1) is 12.7. The molecule has 8 heteroatoms. The molecule has 1 unspecified atom stereocenters. The molecule has 1 atom stereocenters. The second-order valence-electron chi connectivity index (χ2n) is 6.54. The number of carbonyl (C=O) groups excluding carboxylic acids is 2. The molecular weight excluding hydrogens is 370 g/mol. The number of thiazole rings is 1. The number of thiophene rings is 1. The molecule has 26 heavy (non-hydrogen) atoms. The minimum Gasteiger partial charge on any atom is -0.368 e. The average molecular weight is 392 g/mol. The van der Waals surface area contributed by atoms with E-state index < -0.39 is 0 Å². The fourth-order valence-corrected chi connectivity index (χ4v) is 4.86. The minimum absolute atomic E-state index is 0.0782. The van der Waals surface area contributed by atoms with E-state index in [1.54, 1.807) is 22.7 Å². The van der Waals surface area contributed by atoms with Gasteiger partial charge in [-0.05, 0) is 24.3 Å². The van der Waals surface area contributed by atoms with Crippen LogP contribution in [0.5, 0.6) is 0 Å². The summed E-state index contributed by atoms with van der Waals surface area (Å²) in [6, 6.07) is 2.04. The molecule has 0 N–H and O–H groups in total. The van der Waals surface area contributed by atoms with Crippen molar-refractivity contribution in [1.82, 2.24) is 14.8 Å². The van der Waals surface area contributed by atoms with Crippen LogP contribution in [0.3, 0.4) is 0 Å². The Morgan fingerprint density at radius 2 is 2.00 bits per heavy atom. The van der Waals surface area contributed by atoms with Crippen LogP contribution in [0.4, 0.5) is 0 Å². The molecule has 138 valence electrons. The fraction of sp³-hybridized carbons (Fsp3) is 0.500. The van der Waals surface area contributed by atoms with E-state index in [2.05, 4.69) is 10.4 Å². The van der Waals surface area contributed by atoms with Crippen LogP contribution < -0.4 is 0 Å². The molecule has 4 rings (SSSR count). The summed E-state index contributed by atoms with van der Waals surface area (Å²) in [5.74, 6) is 0.158. The van der Waals surface area contributed by atoms with Gasteiger partial charge in [-0.1, -0.05) is 0 Å². The number of rotatable bonds is 4. The van der Waals surface area contributed by atoms with Gasteiger partial charge in [0.15, 0.2) is 0 Å². The van der Waals surface area contributed by atoms with Gasteiger partial charge >= 0.3 is 0 Å². The third-order valence-corrected chi connectivity index (χ3v) is 6.42. The van der Waals surface area contributed by atoms with Crippen molar-refractivity contribution in [2.75, 3.05) is 32.8 Å². The van der Waals surface area contributed by atoms with Crippen LogP contribution in [0, 0.1) is 0 Å². The van der Waals surface area contributed by atoms with E-state index >= 15 is 0 Å². The highest BCUT2D eigenvalue weighted by atomic mass is 32.1. The molecule has 0 radical (unpaired) electrons. The van der Waals surface area contributed by atoms with Crippen LogP contribution >= 0.6 is 22.7 Å². The summed E-state index contributed by atoms with van der Waals surface area (Å²) in [5.41, 5.74) is 1.93. The molecule has 0 bridgehead atoms. The molecule has 2 aliphatic rings. The van der Waals surface area contributed by atoms with Gasteiger partial charge in [0.1, 0.15) is 11.1 Å². The predicted molar refractivity (Wildman–Crippen MR) is 101 cm³/mol. The summed E-state index contributed by atoms with van der Waals surface area (Å²) >= 11 is 3.21. The maximum atomic E-state index is 12.6. The van der Waals surface area contributed by atoms with Gasteiger partial charge in [-0.2, -0.15) is 11.3 Å². The molecule has 0 aromatic carbocycles. The number of amides is 2. The van der Waals surface area contributed by atoms with Crippen LogP contribution in [0.1, 0.15) is 18.5 Å². The monoisotopic (exact) mass is 391 g/mol. The zero-order valence-electron chi connectivity index (χ0n) is 14.4. The summed E-state index contributed by atoms with van der Waals surface area (Å²) in [6.45, 7) is 3.01. The zero-order valence-corrected chi connectivity index (χ0v) is 16.1. The van der Waals surface area contributed by atoms with Crippen LogP contribution in [-0.2, 0) is 20.7 Å². The normalized spacial score (nSPS) is 20.5. The molecule has 2 aliphatic heterocycles. The van der Waals surface area contributed by atoms with Gasteiger partial charge in [-0.15, -0.1) is 11.3 Å². The molecular formula is C18H21N3O3S2. The number of ether oxygens (including phenoxy) is 1. The van der Waals surface area contributed by atoms with Gasteiger partial charge < -0.3 is 14.5 Å². The first-order valence-electron chi connectivity index (χ1n) is 8.86. The highest BCUT2D eigenvalue weighted by molar-refractivity contribution is 7.14. The summed E-state index contributed by atoms with van der Waals surface area (Å²) in [4.78, 5) is 33.2. The lowest BCUT2D eigenvalue weighted by molar-refractivity contribution is -0.145. The van der Waals surface area contributed by atoms with E-state index in [4.69, 9.17) is 4.74 Å². The van der Waals surface area contributed by atoms with Crippen molar-refractivity contribution in [3.63, 3.8) is 0 Å². The molecule has 0 spiro atoms. The maximum absolute atomic E-state index is 12.6. The highest BCUT2D eigenvalue weighted by Gasteiger charge is 2.31. The Bertz CT molecular complexity index is 761. The van der Waals surface area contributed by atoms with Gasteiger partial charge in [-0.25, -0.2) is 4.98 Å². The maximum Gasteiger partial charge on any atom is 0.251 e. The molecule has 2 aromatic heterocycles. The van der Waals surface area contributed by atoms with Crippen molar-refractivity contribution in [2.24, 2.45) is 0 Å². The van der Waals surface area contributed by atoms with Gasteiger partial charge in [0.2, 0.25) is 5.91 Å². The predicted octanol–water partition coefficient (Wildman–Crippen LogP) is 2.26. The standard InChI is InChI=1S/C18H21N3O3S2/c22-16(10-14-12-26-17(19-14)13-3-9-25-11-13)20-4-6-21(7-5-20)18(23)15-2-1-8-24-15/h3,9,11-12,15H,1-2,4-8,10H2. The van der Waals surface area contributed by atoms with E-state index in [0.29, 0.717) is 39.2 Å². The number of carbonyl (C=O) groups is 2. The van der Waals surface area contributed by atoms with E-state index in [0.717, 1.165) is 29.1 Å². The van der Waals surface area contributed by atoms with E-state index in [-0.39, 0.29) is 17.9 Å². The van der Waals surface area contributed by atoms with Crippen molar-refractivity contribution in [2.45, 2.75) is 25.4 Å². The Kier molecular flexibility index (Phi) is 5.33. The van der Waals surface area contributed by atoms with Crippen LogP contribution in [0.15, 0.2) is 22.2 Å². The largest absolute Gasteiger partial charge is 0.368 e. The molecule has 6 nitrogen and oxygen atoms in total. The SMILES string of the molecule is O=C(Cc1csc(-c2ccsc2)n1)N1CCN(C(=O)C2CCCO2)CC1.